The van der Waals surface area contributed by atoms with Crippen LogP contribution in [0, 0.1) is 6.92 Å². The van der Waals surface area contributed by atoms with E-state index < -0.39 is 10.0 Å². The second-order valence-corrected chi connectivity index (χ2v) is 7.34. The van der Waals surface area contributed by atoms with E-state index >= 15 is 0 Å². The second kappa shape index (κ2) is 5.02. The first-order valence-electron chi connectivity index (χ1n) is 7.00. The van der Waals surface area contributed by atoms with E-state index in [4.69, 9.17) is 10.5 Å². The molecule has 2 unspecified atom stereocenters. The molecule has 0 amide bonds. The van der Waals surface area contributed by atoms with Crippen LogP contribution >= 0.6 is 0 Å². The Hall–Kier alpha value is -1.11. The van der Waals surface area contributed by atoms with Gasteiger partial charge in [0.1, 0.15) is 4.90 Å². The lowest BCUT2D eigenvalue weighted by Gasteiger charge is -2.37. The van der Waals surface area contributed by atoms with E-state index in [9.17, 15) is 8.42 Å². The topological polar surface area (TPSA) is 72.6 Å². The molecule has 0 bridgehead atoms. The van der Waals surface area contributed by atoms with Gasteiger partial charge in [-0.3, -0.25) is 0 Å². The summed E-state index contributed by atoms with van der Waals surface area (Å²) in [6.07, 6.45) is 2.88. The van der Waals surface area contributed by atoms with Crippen LogP contribution in [0.4, 0.5) is 5.69 Å². The van der Waals surface area contributed by atoms with E-state index in [0.717, 1.165) is 19.3 Å². The molecule has 6 heteroatoms. The third-order valence-electron chi connectivity index (χ3n) is 4.24. The number of ether oxygens (including phenoxy) is 1. The molecular weight excluding hydrogens is 276 g/mol. The van der Waals surface area contributed by atoms with Crippen molar-refractivity contribution >= 4 is 15.7 Å². The molecule has 1 aliphatic carbocycles. The van der Waals surface area contributed by atoms with Crippen LogP contribution in [-0.4, -0.2) is 38.0 Å². The third kappa shape index (κ3) is 2.12. The molecule has 1 heterocycles. The number of fused-ring (bicyclic) bond motifs is 1. The summed E-state index contributed by atoms with van der Waals surface area (Å²) in [7, 11) is -3.55. The molecule has 1 saturated heterocycles. The molecule has 2 atom stereocenters. The van der Waals surface area contributed by atoms with E-state index in [1.165, 1.54) is 0 Å². The van der Waals surface area contributed by atoms with Gasteiger partial charge in [-0.1, -0.05) is 12.1 Å². The Labute approximate surface area is 119 Å². The molecule has 3 rings (SSSR count). The maximum atomic E-state index is 13.0. The van der Waals surface area contributed by atoms with Crippen LogP contribution in [-0.2, 0) is 14.8 Å². The van der Waals surface area contributed by atoms with Gasteiger partial charge < -0.3 is 10.5 Å². The van der Waals surface area contributed by atoms with E-state index in [2.05, 4.69) is 0 Å². The molecule has 2 N–H and O–H groups in total. The van der Waals surface area contributed by atoms with Crippen LogP contribution < -0.4 is 5.73 Å². The van der Waals surface area contributed by atoms with Crippen molar-refractivity contribution in [2.24, 2.45) is 0 Å². The van der Waals surface area contributed by atoms with Gasteiger partial charge in [0.05, 0.1) is 24.4 Å². The van der Waals surface area contributed by atoms with E-state index in [0.29, 0.717) is 24.4 Å². The lowest BCUT2D eigenvalue weighted by molar-refractivity contribution is -0.0241. The van der Waals surface area contributed by atoms with Crippen molar-refractivity contribution in [1.29, 1.82) is 0 Å². The lowest BCUT2D eigenvalue weighted by atomic mass is 10.2. The Balaban J connectivity index is 2.03. The highest BCUT2D eigenvalue weighted by Gasteiger charge is 2.43. The van der Waals surface area contributed by atoms with Crippen LogP contribution in [0.2, 0.25) is 0 Å². The van der Waals surface area contributed by atoms with Gasteiger partial charge in [0.25, 0.3) is 0 Å². The smallest absolute Gasteiger partial charge is 0.245 e. The molecule has 0 aromatic heterocycles. The fraction of sp³-hybridized carbons (Fsp3) is 0.571. The van der Waals surface area contributed by atoms with Crippen LogP contribution in [0.5, 0.6) is 0 Å². The van der Waals surface area contributed by atoms with Crippen molar-refractivity contribution in [2.45, 2.75) is 43.2 Å². The predicted octanol–water partition coefficient (Wildman–Crippen LogP) is 1.52. The van der Waals surface area contributed by atoms with Crippen LogP contribution in [0.3, 0.4) is 0 Å². The Morgan fingerprint density at radius 3 is 2.90 bits per heavy atom. The Bertz CT molecular complexity index is 595. The number of nitrogen functional groups attached to an aromatic ring is 1. The predicted molar refractivity (Wildman–Crippen MR) is 76.9 cm³/mol. The van der Waals surface area contributed by atoms with Gasteiger partial charge in [-0.25, -0.2) is 8.42 Å². The van der Waals surface area contributed by atoms with Crippen LogP contribution in [0.25, 0.3) is 0 Å². The number of benzene rings is 1. The van der Waals surface area contributed by atoms with Crippen molar-refractivity contribution in [3.05, 3.63) is 23.8 Å². The van der Waals surface area contributed by atoms with Crippen molar-refractivity contribution in [2.75, 3.05) is 18.9 Å². The van der Waals surface area contributed by atoms with Crippen molar-refractivity contribution in [1.82, 2.24) is 4.31 Å². The number of sulfonamides is 1. The molecule has 110 valence electrons. The SMILES string of the molecule is Cc1cccc(N)c1S(=O)(=O)N1CCOC2CCCC21. The van der Waals surface area contributed by atoms with Gasteiger partial charge in [0, 0.05) is 6.54 Å². The maximum Gasteiger partial charge on any atom is 0.245 e. The molecule has 2 aliphatic rings. The Morgan fingerprint density at radius 2 is 2.15 bits per heavy atom. The molecule has 0 radical (unpaired) electrons. The lowest BCUT2D eigenvalue weighted by Crippen LogP contribution is -2.51. The summed E-state index contributed by atoms with van der Waals surface area (Å²) in [5.74, 6) is 0. The highest BCUT2D eigenvalue weighted by Crippen LogP contribution is 2.35. The standard InChI is InChI=1S/C14H20N2O3S/c1-10-4-2-5-11(15)14(10)20(17,18)16-8-9-19-13-7-3-6-12(13)16/h2,4-5,12-13H,3,6-9,15H2,1H3. The Kier molecular flexibility index (Phi) is 3.48. The van der Waals surface area contributed by atoms with Crippen LogP contribution in [0.1, 0.15) is 24.8 Å². The summed E-state index contributed by atoms with van der Waals surface area (Å²) in [5, 5.41) is 0. The summed E-state index contributed by atoms with van der Waals surface area (Å²) in [4.78, 5) is 0.257. The molecule has 1 saturated carbocycles. The van der Waals surface area contributed by atoms with Gasteiger partial charge in [-0.15, -0.1) is 0 Å². The van der Waals surface area contributed by atoms with E-state index in [-0.39, 0.29) is 17.0 Å². The minimum absolute atomic E-state index is 0.0345. The van der Waals surface area contributed by atoms with Gasteiger partial charge in [-0.2, -0.15) is 4.31 Å². The summed E-state index contributed by atoms with van der Waals surface area (Å²) in [5.41, 5.74) is 6.94. The minimum Gasteiger partial charge on any atom is -0.398 e. The van der Waals surface area contributed by atoms with Gasteiger partial charge >= 0.3 is 0 Å². The number of nitrogens with two attached hydrogens (primary N) is 1. The minimum atomic E-state index is -3.55. The molecule has 1 aliphatic heterocycles. The monoisotopic (exact) mass is 296 g/mol. The third-order valence-corrected chi connectivity index (χ3v) is 6.38. The number of morpholine rings is 1. The quantitative estimate of drug-likeness (QED) is 0.840. The molecule has 5 nitrogen and oxygen atoms in total. The van der Waals surface area contributed by atoms with E-state index in [1.807, 2.05) is 0 Å². The normalized spacial score (nSPS) is 27.4. The van der Waals surface area contributed by atoms with Crippen molar-refractivity contribution in [3.8, 4) is 0 Å². The molecule has 2 fully saturated rings. The molecule has 1 aromatic carbocycles. The van der Waals surface area contributed by atoms with Crippen LogP contribution in [0.15, 0.2) is 23.1 Å². The number of rotatable bonds is 2. The maximum absolute atomic E-state index is 13.0. The van der Waals surface area contributed by atoms with E-state index in [1.54, 1.807) is 29.4 Å². The van der Waals surface area contributed by atoms with Gasteiger partial charge in [0.2, 0.25) is 10.0 Å². The molecule has 1 aromatic rings. The fourth-order valence-electron chi connectivity index (χ4n) is 3.33. The zero-order valence-corrected chi connectivity index (χ0v) is 12.4. The summed E-state index contributed by atoms with van der Waals surface area (Å²) in [6.45, 7) is 2.67. The summed E-state index contributed by atoms with van der Waals surface area (Å²) in [6, 6.07) is 5.18. The highest BCUT2D eigenvalue weighted by atomic mass is 32.2. The highest BCUT2D eigenvalue weighted by molar-refractivity contribution is 7.89. The second-order valence-electron chi connectivity index (χ2n) is 5.52. The first kappa shape index (κ1) is 13.9. The number of hydrogen-bond acceptors (Lipinski definition) is 4. The summed E-state index contributed by atoms with van der Waals surface area (Å²) >= 11 is 0. The van der Waals surface area contributed by atoms with Gasteiger partial charge in [-0.05, 0) is 37.8 Å². The largest absolute Gasteiger partial charge is 0.398 e. The first-order chi connectivity index (χ1) is 9.51. The number of anilines is 1. The van der Waals surface area contributed by atoms with Gasteiger partial charge in [0.15, 0.2) is 0 Å². The number of nitrogens with zero attached hydrogens (tertiary/aromatic N) is 1. The molecule has 20 heavy (non-hydrogen) atoms. The fourth-order valence-corrected chi connectivity index (χ4v) is 5.32. The first-order valence-corrected chi connectivity index (χ1v) is 8.44. The molecular formula is C14H20N2O3S. The average molecular weight is 296 g/mol. The number of hydrogen-bond donors (Lipinski definition) is 1. The van der Waals surface area contributed by atoms with Crippen molar-refractivity contribution < 1.29 is 13.2 Å². The zero-order valence-electron chi connectivity index (χ0n) is 11.6. The molecule has 0 spiro atoms. The summed E-state index contributed by atoms with van der Waals surface area (Å²) < 4.78 is 33.2. The number of aryl methyl sites for hydroxylation is 1. The average Bonchev–Trinajstić information content (AvgIpc) is 2.85. The van der Waals surface area contributed by atoms with Crippen molar-refractivity contribution in [3.63, 3.8) is 0 Å². The zero-order chi connectivity index (χ0) is 14.3. The Morgan fingerprint density at radius 1 is 1.35 bits per heavy atom.